The van der Waals surface area contributed by atoms with Gasteiger partial charge >= 0.3 is 0 Å². The highest BCUT2D eigenvalue weighted by molar-refractivity contribution is 8.17. The summed E-state index contributed by atoms with van der Waals surface area (Å²) < 4.78 is 11.8. The molecule has 0 radical (unpaired) electrons. The van der Waals surface area contributed by atoms with Crippen LogP contribution in [-0.4, -0.2) is 31.3 Å². The van der Waals surface area contributed by atoms with Crippen molar-refractivity contribution in [2.75, 3.05) is 31.3 Å². The molecule has 2 fully saturated rings. The molecule has 1 saturated heterocycles. The fourth-order valence-corrected chi connectivity index (χ4v) is 6.25. The van der Waals surface area contributed by atoms with E-state index in [1.54, 1.807) is 0 Å². The van der Waals surface area contributed by atoms with Crippen LogP contribution in [0.5, 0.6) is 5.75 Å². The molecule has 2 aromatic rings. The van der Waals surface area contributed by atoms with Crippen LogP contribution in [0.15, 0.2) is 41.3 Å². The number of thiol groups is 1. The summed E-state index contributed by atoms with van der Waals surface area (Å²) in [6.45, 7) is 2.71. The SMILES string of the molecule is c1ccc2c([SH]3CCOCC3)ccc(OCC3CCCCC3)c2c1. The Labute approximate surface area is 147 Å². The first kappa shape index (κ1) is 16.3. The molecule has 2 aliphatic rings. The number of hydrogen-bond acceptors (Lipinski definition) is 2. The molecule has 0 bridgehead atoms. The minimum Gasteiger partial charge on any atom is -0.493 e. The summed E-state index contributed by atoms with van der Waals surface area (Å²) in [4.78, 5) is 1.54. The van der Waals surface area contributed by atoms with Crippen LogP contribution in [-0.2, 0) is 4.74 Å². The second kappa shape index (κ2) is 7.79. The molecule has 2 aromatic carbocycles. The van der Waals surface area contributed by atoms with Crippen molar-refractivity contribution in [2.45, 2.75) is 37.0 Å². The van der Waals surface area contributed by atoms with E-state index in [9.17, 15) is 0 Å². The maximum atomic E-state index is 6.28. The molecule has 0 atom stereocenters. The zero-order valence-corrected chi connectivity index (χ0v) is 15.3. The number of benzene rings is 2. The first-order valence-corrected chi connectivity index (χ1v) is 11.1. The molecule has 1 aliphatic heterocycles. The zero-order valence-electron chi connectivity index (χ0n) is 14.4. The normalized spacial score (nSPS) is 21.1. The largest absolute Gasteiger partial charge is 0.493 e. The molecule has 4 rings (SSSR count). The third kappa shape index (κ3) is 3.57. The first-order chi connectivity index (χ1) is 11.9. The van der Waals surface area contributed by atoms with E-state index in [1.165, 1.54) is 59.3 Å². The van der Waals surface area contributed by atoms with Gasteiger partial charge in [0.1, 0.15) is 5.75 Å². The van der Waals surface area contributed by atoms with Gasteiger partial charge in [-0.05, 0) is 41.2 Å². The van der Waals surface area contributed by atoms with Gasteiger partial charge in [-0.15, -0.1) is 0 Å². The summed E-state index contributed by atoms with van der Waals surface area (Å²) in [6.07, 6.45) is 6.82. The average molecular weight is 345 g/mol. The van der Waals surface area contributed by atoms with Crippen molar-refractivity contribution in [3.63, 3.8) is 0 Å². The van der Waals surface area contributed by atoms with Crippen molar-refractivity contribution in [1.29, 1.82) is 0 Å². The second-order valence-corrected chi connectivity index (χ2v) is 9.50. The van der Waals surface area contributed by atoms with Gasteiger partial charge < -0.3 is 9.47 Å². The van der Waals surface area contributed by atoms with Crippen molar-refractivity contribution < 1.29 is 9.47 Å². The zero-order chi connectivity index (χ0) is 16.2. The molecular formula is C21H28O2S. The van der Waals surface area contributed by atoms with Crippen molar-refractivity contribution in [2.24, 2.45) is 5.92 Å². The van der Waals surface area contributed by atoms with Crippen molar-refractivity contribution in [3.05, 3.63) is 36.4 Å². The highest BCUT2D eigenvalue weighted by Gasteiger charge is 2.18. The summed E-state index contributed by atoms with van der Waals surface area (Å²) in [5, 5.41) is 2.69. The van der Waals surface area contributed by atoms with Gasteiger partial charge in [-0.1, -0.05) is 43.5 Å². The van der Waals surface area contributed by atoms with Crippen LogP contribution in [0.25, 0.3) is 10.8 Å². The standard InChI is InChI=1S/C21H28O2S/c1-2-6-17(7-3-1)16-23-20-10-11-21(24-14-12-22-13-15-24)19-9-5-4-8-18(19)20/h4-5,8-11,17,24H,1-3,6-7,12-16H2. The summed E-state index contributed by atoms with van der Waals surface area (Å²) in [6, 6.07) is 13.3. The van der Waals surface area contributed by atoms with E-state index in [0.29, 0.717) is 0 Å². The van der Waals surface area contributed by atoms with E-state index in [4.69, 9.17) is 9.47 Å². The third-order valence-corrected chi connectivity index (χ3v) is 7.93. The maximum absolute atomic E-state index is 6.28. The molecule has 0 unspecified atom stereocenters. The minimum atomic E-state index is -0.0810. The van der Waals surface area contributed by atoms with Gasteiger partial charge in [0.25, 0.3) is 0 Å². The van der Waals surface area contributed by atoms with Gasteiger partial charge in [0.2, 0.25) is 0 Å². The second-order valence-electron chi connectivity index (χ2n) is 7.04. The van der Waals surface area contributed by atoms with E-state index in [1.807, 2.05) is 0 Å². The molecule has 3 heteroatoms. The number of fused-ring (bicyclic) bond motifs is 1. The van der Waals surface area contributed by atoms with E-state index < -0.39 is 0 Å². The van der Waals surface area contributed by atoms with Crippen LogP contribution in [0, 0.1) is 5.92 Å². The third-order valence-electron chi connectivity index (χ3n) is 5.41. The van der Waals surface area contributed by atoms with Crippen molar-refractivity contribution in [3.8, 4) is 5.75 Å². The van der Waals surface area contributed by atoms with Gasteiger partial charge in [-0.25, -0.2) is 10.9 Å². The molecule has 130 valence electrons. The molecule has 0 spiro atoms. The first-order valence-electron chi connectivity index (χ1n) is 9.39. The van der Waals surface area contributed by atoms with E-state index in [-0.39, 0.29) is 10.9 Å². The van der Waals surface area contributed by atoms with Crippen LogP contribution in [0.1, 0.15) is 32.1 Å². The molecule has 2 nitrogen and oxygen atoms in total. The fourth-order valence-electron chi connectivity index (χ4n) is 4.02. The van der Waals surface area contributed by atoms with E-state index in [2.05, 4.69) is 36.4 Å². The Morgan fingerprint density at radius 3 is 2.46 bits per heavy atom. The molecule has 1 aliphatic carbocycles. The van der Waals surface area contributed by atoms with Crippen LogP contribution in [0.4, 0.5) is 0 Å². The smallest absolute Gasteiger partial charge is 0.127 e. The Morgan fingerprint density at radius 1 is 0.917 bits per heavy atom. The van der Waals surface area contributed by atoms with E-state index >= 15 is 0 Å². The van der Waals surface area contributed by atoms with Crippen LogP contribution in [0.3, 0.4) is 0 Å². The number of rotatable bonds is 4. The highest BCUT2D eigenvalue weighted by Crippen LogP contribution is 2.44. The highest BCUT2D eigenvalue weighted by atomic mass is 32.2. The van der Waals surface area contributed by atoms with E-state index in [0.717, 1.165) is 31.5 Å². The van der Waals surface area contributed by atoms with Crippen LogP contribution in [0.2, 0.25) is 0 Å². The minimum absolute atomic E-state index is 0.0810. The van der Waals surface area contributed by atoms with Crippen molar-refractivity contribution in [1.82, 2.24) is 0 Å². The Morgan fingerprint density at radius 2 is 1.67 bits per heavy atom. The molecule has 0 aromatic heterocycles. The molecule has 1 heterocycles. The lowest BCUT2D eigenvalue weighted by atomic mass is 9.90. The summed E-state index contributed by atoms with van der Waals surface area (Å²) in [5.41, 5.74) is 0. The van der Waals surface area contributed by atoms with Gasteiger partial charge in [-0.2, -0.15) is 0 Å². The lowest BCUT2D eigenvalue weighted by Crippen LogP contribution is -2.16. The lowest BCUT2D eigenvalue weighted by molar-refractivity contribution is 0.160. The average Bonchev–Trinajstić information content (AvgIpc) is 2.67. The quantitative estimate of drug-likeness (QED) is 0.770. The summed E-state index contributed by atoms with van der Waals surface area (Å²) in [5.74, 6) is 4.21. The molecule has 1 saturated carbocycles. The van der Waals surface area contributed by atoms with Gasteiger partial charge in [-0.3, -0.25) is 0 Å². The number of hydrogen-bond donors (Lipinski definition) is 1. The Kier molecular flexibility index (Phi) is 5.29. The summed E-state index contributed by atoms with van der Waals surface area (Å²) >= 11 is 0. The Bertz CT molecular complexity index is 673. The predicted octanol–water partition coefficient (Wildman–Crippen LogP) is 5.19. The van der Waals surface area contributed by atoms with Gasteiger partial charge in [0.15, 0.2) is 0 Å². The molecule has 0 amide bonds. The van der Waals surface area contributed by atoms with Gasteiger partial charge in [0.05, 0.1) is 19.8 Å². The van der Waals surface area contributed by atoms with Crippen LogP contribution < -0.4 is 4.74 Å². The Balaban J connectivity index is 1.57. The lowest BCUT2D eigenvalue weighted by Gasteiger charge is -2.28. The Hall–Kier alpha value is -1.19. The van der Waals surface area contributed by atoms with Crippen LogP contribution >= 0.6 is 10.9 Å². The monoisotopic (exact) mass is 344 g/mol. The maximum Gasteiger partial charge on any atom is 0.127 e. The fraction of sp³-hybridized carbons (Fsp3) is 0.524. The van der Waals surface area contributed by atoms with Gasteiger partial charge in [0, 0.05) is 16.9 Å². The molecule has 0 N–H and O–H groups in total. The number of ether oxygens (including phenoxy) is 2. The summed E-state index contributed by atoms with van der Waals surface area (Å²) in [7, 11) is -0.0810. The molecule has 24 heavy (non-hydrogen) atoms. The topological polar surface area (TPSA) is 18.5 Å². The predicted molar refractivity (Wildman–Crippen MR) is 104 cm³/mol. The van der Waals surface area contributed by atoms with Crippen molar-refractivity contribution >= 4 is 21.7 Å². The molecular weight excluding hydrogens is 316 g/mol.